The molecule has 3 heteroatoms. The van der Waals surface area contributed by atoms with E-state index in [0.29, 0.717) is 11.7 Å². The fraction of sp³-hybridized carbons (Fsp3) is 0.333. The first-order valence-corrected chi connectivity index (χ1v) is 4.05. The van der Waals surface area contributed by atoms with E-state index in [9.17, 15) is 5.11 Å². The van der Waals surface area contributed by atoms with Crippen molar-refractivity contribution in [2.45, 2.75) is 18.9 Å². The second-order valence-electron chi connectivity index (χ2n) is 2.94. The van der Waals surface area contributed by atoms with Crippen molar-refractivity contribution in [3.63, 3.8) is 0 Å². The van der Waals surface area contributed by atoms with Gasteiger partial charge in [0.1, 0.15) is 11.4 Å². The third kappa shape index (κ3) is 1.61. The molecule has 1 saturated carbocycles. The van der Waals surface area contributed by atoms with E-state index in [1.165, 1.54) is 0 Å². The van der Waals surface area contributed by atoms with Crippen molar-refractivity contribution >= 4 is 5.69 Å². The van der Waals surface area contributed by atoms with Crippen LogP contribution in [-0.4, -0.2) is 11.1 Å². The van der Waals surface area contributed by atoms with E-state index in [1.807, 2.05) is 6.07 Å². The van der Waals surface area contributed by atoms with Crippen LogP contribution >= 0.6 is 0 Å². The largest absolute Gasteiger partial charge is 0.506 e. The lowest BCUT2D eigenvalue weighted by Gasteiger charge is -1.94. The van der Waals surface area contributed by atoms with Crippen LogP contribution in [0.2, 0.25) is 0 Å². The van der Waals surface area contributed by atoms with E-state index >= 15 is 0 Å². The second-order valence-corrected chi connectivity index (χ2v) is 2.94. The quantitative estimate of drug-likeness (QED) is 0.667. The molecule has 1 aromatic carbocycles. The summed E-state index contributed by atoms with van der Waals surface area (Å²) in [5.74, 6) is 0.196. The van der Waals surface area contributed by atoms with Crippen molar-refractivity contribution in [3.8, 4) is 5.75 Å². The number of nitrogens with zero attached hydrogens (tertiary/aromatic N) is 2. The zero-order valence-corrected chi connectivity index (χ0v) is 6.64. The van der Waals surface area contributed by atoms with E-state index in [4.69, 9.17) is 0 Å². The molecule has 1 aliphatic carbocycles. The Morgan fingerprint density at radius 3 is 2.67 bits per heavy atom. The lowest BCUT2D eigenvalue weighted by molar-refractivity contribution is 0.476. The van der Waals surface area contributed by atoms with Gasteiger partial charge in [-0.3, -0.25) is 0 Å². The molecule has 1 aliphatic rings. The lowest BCUT2D eigenvalue weighted by atomic mass is 10.3. The molecular weight excluding hydrogens is 152 g/mol. The summed E-state index contributed by atoms with van der Waals surface area (Å²) in [6.45, 7) is 0. The first-order chi connectivity index (χ1) is 5.86. The Morgan fingerprint density at radius 2 is 2.00 bits per heavy atom. The van der Waals surface area contributed by atoms with Crippen LogP contribution in [0.25, 0.3) is 0 Å². The molecule has 0 saturated heterocycles. The average molecular weight is 162 g/mol. The van der Waals surface area contributed by atoms with Crippen molar-refractivity contribution in [1.82, 2.24) is 0 Å². The molecule has 0 amide bonds. The number of phenolic OH excluding ortho intramolecular Hbond substituents is 1. The summed E-state index contributed by atoms with van der Waals surface area (Å²) in [7, 11) is 0. The molecule has 0 radical (unpaired) electrons. The van der Waals surface area contributed by atoms with Crippen LogP contribution in [-0.2, 0) is 0 Å². The smallest absolute Gasteiger partial charge is 0.143 e. The van der Waals surface area contributed by atoms with Crippen LogP contribution in [0.5, 0.6) is 5.75 Å². The highest BCUT2D eigenvalue weighted by Crippen LogP contribution is 2.29. The van der Waals surface area contributed by atoms with Crippen molar-refractivity contribution < 1.29 is 5.11 Å². The van der Waals surface area contributed by atoms with E-state index in [2.05, 4.69) is 10.2 Å². The fourth-order valence-electron chi connectivity index (χ4n) is 0.883. The molecule has 0 aromatic heterocycles. The van der Waals surface area contributed by atoms with Crippen LogP contribution in [0.4, 0.5) is 5.69 Å². The monoisotopic (exact) mass is 162 g/mol. The average Bonchev–Trinajstić information content (AvgIpc) is 2.86. The molecule has 0 unspecified atom stereocenters. The number of benzene rings is 1. The fourth-order valence-corrected chi connectivity index (χ4v) is 0.883. The number of hydrogen-bond acceptors (Lipinski definition) is 3. The molecule has 1 aromatic rings. The van der Waals surface area contributed by atoms with Crippen LogP contribution in [0.1, 0.15) is 12.8 Å². The Balaban J connectivity index is 2.15. The summed E-state index contributed by atoms with van der Waals surface area (Å²) in [6, 6.07) is 7.37. The Bertz CT molecular complexity index is 305. The minimum atomic E-state index is 0.196. The van der Waals surface area contributed by atoms with Crippen LogP contribution in [0, 0.1) is 0 Å². The molecule has 1 N–H and O–H groups in total. The van der Waals surface area contributed by atoms with Gasteiger partial charge in [-0.15, -0.1) is 0 Å². The molecule has 62 valence electrons. The minimum absolute atomic E-state index is 0.196. The van der Waals surface area contributed by atoms with Crippen molar-refractivity contribution in [3.05, 3.63) is 24.3 Å². The summed E-state index contributed by atoms with van der Waals surface area (Å²) in [4.78, 5) is 0. The van der Waals surface area contributed by atoms with Gasteiger partial charge in [0.05, 0.1) is 6.04 Å². The number of para-hydroxylation sites is 1. The lowest BCUT2D eigenvalue weighted by Crippen LogP contribution is -1.70. The Hall–Kier alpha value is -1.38. The maximum absolute atomic E-state index is 9.29. The van der Waals surface area contributed by atoms with Gasteiger partial charge in [0, 0.05) is 0 Å². The van der Waals surface area contributed by atoms with Gasteiger partial charge in [0.2, 0.25) is 0 Å². The van der Waals surface area contributed by atoms with Gasteiger partial charge >= 0.3 is 0 Å². The number of aromatic hydroxyl groups is 1. The molecule has 2 rings (SSSR count). The van der Waals surface area contributed by atoms with Crippen LogP contribution < -0.4 is 0 Å². The van der Waals surface area contributed by atoms with Crippen molar-refractivity contribution in [2.75, 3.05) is 0 Å². The van der Waals surface area contributed by atoms with Crippen molar-refractivity contribution in [2.24, 2.45) is 10.2 Å². The topological polar surface area (TPSA) is 45.0 Å². The number of hydrogen-bond donors (Lipinski definition) is 1. The minimum Gasteiger partial charge on any atom is -0.506 e. The molecule has 0 atom stereocenters. The molecular formula is C9H10N2O. The number of azo groups is 1. The number of phenols is 1. The van der Waals surface area contributed by atoms with E-state index in [1.54, 1.807) is 18.2 Å². The molecule has 1 fully saturated rings. The van der Waals surface area contributed by atoms with E-state index in [-0.39, 0.29) is 5.75 Å². The van der Waals surface area contributed by atoms with Gasteiger partial charge in [0.15, 0.2) is 0 Å². The summed E-state index contributed by atoms with van der Waals surface area (Å²) in [5.41, 5.74) is 0.560. The maximum Gasteiger partial charge on any atom is 0.143 e. The molecule has 0 heterocycles. The highest BCUT2D eigenvalue weighted by molar-refractivity contribution is 5.49. The number of rotatable bonds is 2. The van der Waals surface area contributed by atoms with E-state index in [0.717, 1.165) is 12.8 Å². The second kappa shape index (κ2) is 2.93. The maximum atomic E-state index is 9.29. The summed E-state index contributed by atoms with van der Waals surface area (Å²) < 4.78 is 0. The molecule has 12 heavy (non-hydrogen) atoms. The normalized spacial score (nSPS) is 17.0. The van der Waals surface area contributed by atoms with Gasteiger partial charge in [0.25, 0.3) is 0 Å². The van der Waals surface area contributed by atoms with Gasteiger partial charge in [-0.05, 0) is 25.0 Å². The summed E-state index contributed by atoms with van der Waals surface area (Å²) >= 11 is 0. The third-order valence-corrected chi connectivity index (χ3v) is 1.76. The van der Waals surface area contributed by atoms with Crippen LogP contribution in [0.15, 0.2) is 34.5 Å². The molecule has 3 nitrogen and oxygen atoms in total. The highest BCUT2D eigenvalue weighted by atomic mass is 16.3. The SMILES string of the molecule is Oc1ccccc1N=NC1CC1. The standard InChI is InChI=1S/C9H10N2O/c12-9-4-2-1-3-8(9)11-10-7-5-6-7/h1-4,7,12H,5-6H2. The first-order valence-electron chi connectivity index (χ1n) is 4.05. The summed E-state index contributed by atoms with van der Waals surface area (Å²) in [5, 5.41) is 17.3. The summed E-state index contributed by atoms with van der Waals surface area (Å²) in [6.07, 6.45) is 2.27. The predicted molar refractivity (Wildman–Crippen MR) is 45.6 cm³/mol. The molecule has 0 aliphatic heterocycles. The Morgan fingerprint density at radius 1 is 1.25 bits per heavy atom. The van der Waals surface area contributed by atoms with Crippen LogP contribution in [0.3, 0.4) is 0 Å². The van der Waals surface area contributed by atoms with Gasteiger partial charge in [-0.1, -0.05) is 12.1 Å². The van der Waals surface area contributed by atoms with Gasteiger partial charge in [-0.2, -0.15) is 10.2 Å². The van der Waals surface area contributed by atoms with Crippen molar-refractivity contribution in [1.29, 1.82) is 0 Å². The van der Waals surface area contributed by atoms with Gasteiger partial charge in [-0.25, -0.2) is 0 Å². The first kappa shape index (κ1) is 7.28. The molecule has 0 spiro atoms. The zero-order valence-electron chi connectivity index (χ0n) is 6.64. The third-order valence-electron chi connectivity index (χ3n) is 1.76. The highest BCUT2D eigenvalue weighted by Gasteiger charge is 2.20. The van der Waals surface area contributed by atoms with E-state index < -0.39 is 0 Å². The van der Waals surface area contributed by atoms with Gasteiger partial charge < -0.3 is 5.11 Å². The Kier molecular flexibility index (Phi) is 1.78. The molecule has 0 bridgehead atoms. The Labute approximate surface area is 70.8 Å². The predicted octanol–water partition coefficient (Wildman–Crippen LogP) is 2.64. The zero-order chi connectivity index (χ0) is 8.39.